The molecule has 0 aliphatic carbocycles. The van der Waals surface area contributed by atoms with Gasteiger partial charge in [-0.15, -0.1) is 0 Å². The first kappa shape index (κ1) is 9.69. The summed E-state index contributed by atoms with van der Waals surface area (Å²) in [5.74, 6) is 0. The number of alkyl halides is 1. The van der Waals surface area contributed by atoms with E-state index in [4.69, 9.17) is 4.74 Å². The second kappa shape index (κ2) is 4.01. The molecule has 0 aromatic rings. The molecule has 0 radical (unpaired) electrons. The molecule has 1 aliphatic heterocycles. The second-order valence-corrected chi connectivity index (χ2v) is 9.74. The Balaban J connectivity index is 2.58. The summed E-state index contributed by atoms with van der Waals surface area (Å²) in [5, 5.41) is 0. The summed E-state index contributed by atoms with van der Waals surface area (Å²) >= 11 is -0.722. The van der Waals surface area contributed by atoms with Gasteiger partial charge in [0, 0.05) is 0 Å². The van der Waals surface area contributed by atoms with Crippen molar-refractivity contribution < 1.29 is 33.0 Å². The van der Waals surface area contributed by atoms with Crippen LogP contribution in [-0.4, -0.2) is 44.0 Å². The van der Waals surface area contributed by atoms with Crippen LogP contribution in [0.2, 0.25) is 0 Å². The zero-order valence-corrected chi connectivity index (χ0v) is 9.26. The van der Waals surface area contributed by atoms with Gasteiger partial charge in [-0.1, -0.05) is 0 Å². The van der Waals surface area contributed by atoms with Gasteiger partial charge in [-0.05, 0) is 0 Å². The Morgan fingerprint density at radius 2 is 1.91 bits per heavy atom. The maximum atomic E-state index is 11.3. The topological polar surface area (TPSA) is 46.6 Å². The SMILES string of the molecule is C[I-]S(=O)(=O)N1CCOCC1. The molecule has 0 saturated carbocycles. The van der Waals surface area contributed by atoms with Crippen molar-refractivity contribution in [2.24, 2.45) is 0 Å². The number of hydrogen-bond acceptors (Lipinski definition) is 3. The molecule has 0 bridgehead atoms. The van der Waals surface area contributed by atoms with Crippen molar-refractivity contribution in [1.82, 2.24) is 4.31 Å². The summed E-state index contributed by atoms with van der Waals surface area (Å²) in [5.41, 5.74) is 0. The van der Waals surface area contributed by atoms with Gasteiger partial charge < -0.3 is 0 Å². The van der Waals surface area contributed by atoms with Crippen molar-refractivity contribution in [3.63, 3.8) is 0 Å². The van der Waals surface area contributed by atoms with Gasteiger partial charge in [-0.25, -0.2) is 0 Å². The zero-order valence-electron chi connectivity index (χ0n) is 6.29. The molecule has 11 heavy (non-hydrogen) atoms. The van der Waals surface area contributed by atoms with E-state index in [1.807, 2.05) is 0 Å². The Labute approximate surface area is 75.7 Å². The Morgan fingerprint density at radius 1 is 1.36 bits per heavy atom. The Morgan fingerprint density at radius 3 is 2.36 bits per heavy atom. The third-order valence-corrected chi connectivity index (χ3v) is 7.86. The number of ether oxygens (including phenoxy) is 1. The Hall–Kier alpha value is 0.600. The van der Waals surface area contributed by atoms with Crippen molar-refractivity contribution >= 4 is 7.19 Å². The molecule has 0 unspecified atom stereocenters. The molecule has 1 heterocycles. The van der Waals surface area contributed by atoms with Crippen molar-refractivity contribution in [2.75, 3.05) is 31.2 Å². The molecule has 0 spiro atoms. The van der Waals surface area contributed by atoms with Crippen molar-refractivity contribution in [1.29, 1.82) is 0 Å². The summed E-state index contributed by atoms with van der Waals surface area (Å²) in [7, 11) is -2.86. The summed E-state index contributed by atoms with van der Waals surface area (Å²) in [6.07, 6.45) is 0. The van der Waals surface area contributed by atoms with Crippen molar-refractivity contribution in [3.05, 3.63) is 0 Å². The van der Waals surface area contributed by atoms with E-state index in [9.17, 15) is 8.42 Å². The predicted molar refractivity (Wildman–Crippen MR) is 37.2 cm³/mol. The Kier molecular flexibility index (Phi) is 3.53. The van der Waals surface area contributed by atoms with Gasteiger partial charge in [0.15, 0.2) is 0 Å². The first-order valence-corrected chi connectivity index (χ1v) is 9.40. The molecule has 0 atom stereocenters. The van der Waals surface area contributed by atoms with E-state index in [1.165, 1.54) is 4.31 Å². The van der Waals surface area contributed by atoms with Gasteiger partial charge in [0.05, 0.1) is 0 Å². The molecule has 0 aromatic carbocycles. The van der Waals surface area contributed by atoms with E-state index in [-0.39, 0.29) is 0 Å². The summed E-state index contributed by atoms with van der Waals surface area (Å²) < 4.78 is 29.1. The fourth-order valence-corrected chi connectivity index (χ4v) is 4.50. The predicted octanol–water partition coefficient (Wildman–Crippen LogP) is -3.72. The van der Waals surface area contributed by atoms with E-state index in [0.29, 0.717) is 26.3 Å². The molecule has 0 aromatic heterocycles. The summed E-state index contributed by atoms with van der Waals surface area (Å²) in [6.45, 7) is 2.16. The molecule has 6 heteroatoms. The van der Waals surface area contributed by atoms with Crippen LogP contribution >= 0.6 is 0 Å². The van der Waals surface area contributed by atoms with Crippen LogP contribution < -0.4 is 19.8 Å². The van der Waals surface area contributed by atoms with Gasteiger partial charge in [0.1, 0.15) is 0 Å². The van der Waals surface area contributed by atoms with Crippen LogP contribution in [0.4, 0.5) is 0 Å². The number of hydrogen-bond donors (Lipinski definition) is 0. The molecule has 0 N–H and O–H groups in total. The molecule has 0 amide bonds. The van der Waals surface area contributed by atoms with Crippen molar-refractivity contribution in [3.8, 4) is 0 Å². The molecule has 1 aliphatic rings. The van der Waals surface area contributed by atoms with Crippen LogP contribution in [0.15, 0.2) is 0 Å². The monoisotopic (exact) mass is 292 g/mol. The van der Waals surface area contributed by atoms with Gasteiger partial charge in [0.2, 0.25) is 0 Å². The first-order valence-electron chi connectivity index (χ1n) is 3.26. The zero-order chi connectivity index (χ0) is 8.32. The molecule has 1 fully saturated rings. The number of rotatable bonds is 2. The van der Waals surface area contributed by atoms with E-state index in [0.717, 1.165) is 0 Å². The fraction of sp³-hybridized carbons (Fsp3) is 1.00. The molecular formula is C5H11INO3S-. The van der Waals surface area contributed by atoms with E-state index in [2.05, 4.69) is 0 Å². The van der Waals surface area contributed by atoms with Gasteiger partial charge in [0.25, 0.3) is 0 Å². The molecule has 4 nitrogen and oxygen atoms in total. The fourth-order valence-electron chi connectivity index (χ4n) is 0.862. The average Bonchev–Trinajstić information content (AvgIpc) is 2.06. The number of halogens is 1. The average molecular weight is 292 g/mol. The third kappa shape index (κ3) is 2.53. The molecular weight excluding hydrogens is 281 g/mol. The third-order valence-electron chi connectivity index (χ3n) is 1.47. The van der Waals surface area contributed by atoms with Crippen LogP contribution in [0.3, 0.4) is 0 Å². The van der Waals surface area contributed by atoms with E-state index >= 15 is 0 Å². The number of morpholine rings is 1. The minimum absolute atomic E-state index is 0.538. The van der Waals surface area contributed by atoms with Crippen LogP contribution in [0.25, 0.3) is 0 Å². The van der Waals surface area contributed by atoms with Crippen molar-refractivity contribution in [2.45, 2.75) is 0 Å². The van der Waals surface area contributed by atoms with E-state index < -0.39 is 27.0 Å². The van der Waals surface area contributed by atoms with Crippen LogP contribution in [0.5, 0.6) is 0 Å². The quantitative estimate of drug-likeness (QED) is 0.299. The molecule has 68 valence electrons. The van der Waals surface area contributed by atoms with Gasteiger partial charge in [-0.3, -0.25) is 0 Å². The second-order valence-electron chi connectivity index (χ2n) is 2.11. The Bertz CT molecular complexity index is 210. The summed E-state index contributed by atoms with van der Waals surface area (Å²) in [4.78, 5) is 1.77. The van der Waals surface area contributed by atoms with Crippen LogP contribution in [-0.2, 0) is 11.9 Å². The molecule has 1 saturated heterocycles. The van der Waals surface area contributed by atoms with Crippen LogP contribution in [0.1, 0.15) is 0 Å². The van der Waals surface area contributed by atoms with Gasteiger partial charge in [-0.2, -0.15) is 0 Å². The van der Waals surface area contributed by atoms with E-state index in [1.54, 1.807) is 4.93 Å². The normalized spacial score (nSPS) is 22.3. The standard InChI is InChI=1S/C5H11INO3S/c1-6-11(8,9)7-2-4-10-5-3-7/h2-5H2,1H3/q-1. The summed E-state index contributed by atoms with van der Waals surface area (Å²) in [6, 6.07) is 0. The first-order chi connectivity index (χ1) is 5.17. The maximum absolute atomic E-state index is 11.3. The molecule has 1 rings (SSSR count). The van der Waals surface area contributed by atoms with Crippen LogP contribution in [0, 0.1) is 0 Å². The van der Waals surface area contributed by atoms with Gasteiger partial charge >= 0.3 is 75.7 Å². The number of nitrogens with zero attached hydrogens (tertiary/aromatic N) is 1. The minimum atomic E-state index is -2.86.